The van der Waals surface area contributed by atoms with E-state index in [-0.39, 0.29) is 5.41 Å². The van der Waals surface area contributed by atoms with E-state index in [0.29, 0.717) is 5.92 Å². The Kier molecular flexibility index (Phi) is 4.26. The molecule has 136 valence electrons. The van der Waals surface area contributed by atoms with Gasteiger partial charge in [-0.1, -0.05) is 89.2 Å². The van der Waals surface area contributed by atoms with Crippen molar-refractivity contribution in [2.75, 3.05) is 0 Å². The number of hydrogen-bond acceptors (Lipinski definition) is 1. The molecular formula is C26H27N. The van der Waals surface area contributed by atoms with Crippen LogP contribution in [0.25, 0.3) is 32.8 Å². The molecule has 1 nitrogen and oxygen atoms in total. The van der Waals surface area contributed by atoms with Gasteiger partial charge in [0.25, 0.3) is 0 Å². The van der Waals surface area contributed by atoms with E-state index in [2.05, 4.69) is 95.3 Å². The number of fused-ring (bicyclic) bond motifs is 2. The first kappa shape index (κ1) is 17.7. The van der Waals surface area contributed by atoms with Gasteiger partial charge in [0, 0.05) is 17.1 Å². The Hall–Kier alpha value is -2.67. The summed E-state index contributed by atoms with van der Waals surface area (Å²) in [5, 5.41) is 5.09. The third-order valence-corrected chi connectivity index (χ3v) is 5.39. The van der Waals surface area contributed by atoms with E-state index in [1.165, 1.54) is 38.2 Å². The highest BCUT2D eigenvalue weighted by Crippen LogP contribution is 2.40. The molecule has 0 amide bonds. The summed E-state index contributed by atoms with van der Waals surface area (Å²) in [5.74, 6) is 0.525. The average molecular weight is 354 g/mol. The van der Waals surface area contributed by atoms with Gasteiger partial charge in [0.1, 0.15) is 0 Å². The topological polar surface area (TPSA) is 12.9 Å². The summed E-state index contributed by atoms with van der Waals surface area (Å²) in [6.45, 7) is 11.4. The first-order valence-electron chi connectivity index (χ1n) is 9.77. The summed E-state index contributed by atoms with van der Waals surface area (Å²) >= 11 is 0. The van der Waals surface area contributed by atoms with E-state index in [1.54, 1.807) is 0 Å². The number of benzene rings is 3. The number of aromatic nitrogens is 1. The van der Waals surface area contributed by atoms with Crippen molar-refractivity contribution >= 4 is 21.5 Å². The Labute approximate surface area is 162 Å². The monoisotopic (exact) mass is 353 g/mol. The smallest absolute Gasteiger partial charge is 0.0783 e. The quantitative estimate of drug-likeness (QED) is 0.364. The molecule has 3 aromatic carbocycles. The largest absolute Gasteiger partial charge is 0.256 e. The maximum absolute atomic E-state index is 4.83. The molecule has 1 heteroatoms. The zero-order chi connectivity index (χ0) is 19.2. The summed E-state index contributed by atoms with van der Waals surface area (Å²) in [4.78, 5) is 4.83. The van der Waals surface area contributed by atoms with Crippen molar-refractivity contribution in [3.05, 3.63) is 78.0 Å². The van der Waals surface area contributed by atoms with Crippen molar-refractivity contribution in [1.29, 1.82) is 0 Å². The second-order valence-electron chi connectivity index (χ2n) is 8.75. The van der Waals surface area contributed by atoms with Crippen molar-refractivity contribution in [2.45, 2.75) is 46.0 Å². The highest BCUT2D eigenvalue weighted by atomic mass is 14.7. The third-order valence-electron chi connectivity index (χ3n) is 5.39. The Morgan fingerprint density at radius 2 is 1.56 bits per heavy atom. The maximum atomic E-state index is 4.83. The van der Waals surface area contributed by atoms with Gasteiger partial charge in [-0.25, -0.2) is 0 Å². The Morgan fingerprint density at radius 1 is 0.778 bits per heavy atom. The van der Waals surface area contributed by atoms with Gasteiger partial charge in [-0.05, 0) is 44.7 Å². The Balaban J connectivity index is 2.06. The summed E-state index contributed by atoms with van der Waals surface area (Å²) in [6, 6.07) is 22.1. The lowest BCUT2D eigenvalue weighted by Crippen LogP contribution is -2.14. The predicted molar refractivity (Wildman–Crippen MR) is 117 cm³/mol. The molecule has 0 radical (unpaired) electrons. The molecule has 0 saturated carbocycles. The normalized spacial score (nSPS) is 12.2. The van der Waals surface area contributed by atoms with Gasteiger partial charge < -0.3 is 0 Å². The molecule has 0 spiro atoms. The third kappa shape index (κ3) is 3.12. The molecule has 0 saturated heterocycles. The molecule has 0 bridgehead atoms. The second-order valence-corrected chi connectivity index (χ2v) is 8.75. The lowest BCUT2D eigenvalue weighted by atomic mass is 9.79. The van der Waals surface area contributed by atoms with Crippen LogP contribution >= 0.6 is 0 Å². The Morgan fingerprint density at radius 3 is 2.30 bits per heavy atom. The van der Waals surface area contributed by atoms with Gasteiger partial charge in [-0.3, -0.25) is 4.98 Å². The van der Waals surface area contributed by atoms with Gasteiger partial charge in [0.2, 0.25) is 0 Å². The molecule has 0 aliphatic heterocycles. The van der Waals surface area contributed by atoms with Crippen LogP contribution in [0.15, 0.2) is 66.9 Å². The van der Waals surface area contributed by atoms with Crippen LogP contribution in [0, 0.1) is 0 Å². The molecular weight excluding hydrogens is 326 g/mol. The van der Waals surface area contributed by atoms with Crippen LogP contribution in [0.3, 0.4) is 0 Å². The van der Waals surface area contributed by atoms with Crippen LogP contribution in [0.4, 0.5) is 0 Å². The zero-order valence-electron chi connectivity index (χ0n) is 16.9. The van der Waals surface area contributed by atoms with E-state index >= 15 is 0 Å². The molecule has 4 aromatic rings. The molecule has 0 aliphatic carbocycles. The standard InChI is InChI=1S/C26H27N/c1-17(2)19-11-12-22-20(16-19)14-15-27-25(22)23-13-10-18-8-6-7-9-21(18)24(23)26(3,4)5/h6-17H,1-5H3. The first-order chi connectivity index (χ1) is 12.9. The summed E-state index contributed by atoms with van der Waals surface area (Å²) in [5.41, 5.74) is 5.09. The first-order valence-corrected chi connectivity index (χ1v) is 9.77. The van der Waals surface area contributed by atoms with Crippen LogP contribution in [0.1, 0.15) is 51.7 Å². The van der Waals surface area contributed by atoms with E-state index in [9.17, 15) is 0 Å². The average Bonchev–Trinajstić information content (AvgIpc) is 2.65. The SMILES string of the molecule is CC(C)c1ccc2c(-c3ccc4ccccc4c3C(C)(C)C)nccc2c1. The minimum Gasteiger partial charge on any atom is -0.256 e. The fourth-order valence-electron chi connectivity index (χ4n) is 4.05. The van der Waals surface area contributed by atoms with Gasteiger partial charge in [0.05, 0.1) is 5.69 Å². The minimum atomic E-state index is 0.0257. The van der Waals surface area contributed by atoms with Crippen molar-refractivity contribution in [2.24, 2.45) is 0 Å². The molecule has 0 aliphatic rings. The molecule has 27 heavy (non-hydrogen) atoms. The zero-order valence-corrected chi connectivity index (χ0v) is 16.9. The summed E-state index contributed by atoms with van der Waals surface area (Å²) < 4.78 is 0. The highest BCUT2D eigenvalue weighted by Gasteiger charge is 2.23. The summed E-state index contributed by atoms with van der Waals surface area (Å²) in [6.07, 6.45) is 1.95. The van der Waals surface area contributed by atoms with E-state index in [0.717, 1.165) is 5.69 Å². The van der Waals surface area contributed by atoms with Crippen LogP contribution in [0.2, 0.25) is 0 Å². The molecule has 1 heterocycles. The second kappa shape index (κ2) is 6.49. The van der Waals surface area contributed by atoms with Gasteiger partial charge in [-0.2, -0.15) is 0 Å². The molecule has 0 fully saturated rings. The van der Waals surface area contributed by atoms with Crippen molar-refractivity contribution < 1.29 is 0 Å². The van der Waals surface area contributed by atoms with E-state index < -0.39 is 0 Å². The van der Waals surface area contributed by atoms with Crippen LogP contribution in [-0.4, -0.2) is 4.98 Å². The van der Waals surface area contributed by atoms with Gasteiger partial charge in [-0.15, -0.1) is 0 Å². The van der Waals surface area contributed by atoms with Crippen LogP contribution < -0.4 is 0 Å². The summed E-state index contributed by atoms with van der Waals surface area (Å²) in [7, 11) is 0. The van der Waals surface area contributed by atoms with Crippen molar-refractivity contribution in [3.8, 4) is 11.3 Å². The molecule has 0 N–H and O–H groups in total. The van der Waals surface area contributed by atoms with Crippen molar-refractivity contribution in [1.82, 2.24) is 4.98 Å². The van der Waals surface area contributed by atoms with Crippen LogP contribution in [0.5, 0.6) is 0 Å². The lowest BCUT2D eigenvalue weighted by Gasteiger charge is -2.25. The van der Waals surface area contributed by atoms with Crippen LogP contribution in [-0.2, 0) is 5.41 Å². The fraction of sp³-hybridized carbons (Fsp3) is 0.269. The number of pyridine rings is 1. The predicted octanol–water partition coefficient (Wildman–Crippen LogP) is 7.48. The lowest BCUT2D eigenvalue weighted by molar-refractivity contribution is 0.597. The fourth-order valence-corrected chi connectivity index (χ4v) is 4.05. The number of rotatable bonds is 2. The maximum Gasteiger partial charge on any atom is 0.0783 e. The molecule has 1 aromatic heterocycles. The van der Waals surface area contributed by atoms with Gasteiger partial charge >= 0.3 is 0 Å². The number of hydrogen-bond donors (Lipinski definition) is 0. The molecule has 0 atom stereocenters. The van der Waals surface area contributed by atoms with Crippen molar-refractivity contribution in [3.63, 3.8) is 0 Å². The molecule has 0 unspecified atom stereocenters. The number of nitrogens with zero attached hydrogens (tertiary/aromatic N) is 1. The van der Waals surface area contributed by atoms with E-state index in [1.807, 2.05) is 6.20 Å². The van der Waals surface area contributed by atoms with Gasteiger partial charge in [0.15, 0.2) is 0 Å². The highest BCUT2D eigenvalue weighted by molar-refractivity contribution is 6.00. The molecule has 4 rings (SSSR count). The van der Waals surface area contributed by atoms with E-state index in [4.69, 9.17) is 4.98 Å². The minimum absolute atomic E-state index is 0.0257. The Bertz CT molecular complexity index is 1130.